The van der Waals surface area contributed by atoms with Crippen LogP contribution in [0.5, 0.6) is 0 Å². The third-order valence-electron chi connectivity index (χ3n) is 4.13. The van der Waals surface area contributed by atoms with Gasteiger partial charge in [-0.2, -0.15) is 0 Å². The molecule has 0 aromatic rings. The van der Waals surface area contributed by atoms with Crippen LogP contribution in [-0.4, -0.2) is 44.3 Å². The minimum atomic E-state index is -5.11. The molecule has 0 aromatic carbocycles. The molecule has 0 aliphatic carbocycles. The lowest BCUT2D eigenvalue weighted by Crippen LogP contribution is -2.33. The molecule has 1 heterocycles. The summed E-state index contributed by atoms with van der Waals surface area (Å²) in [5.74, 6) is -4.33. The van der Waals surface area contributed by atoms with Crippen molar-refractivity contribution in [3.63, 3.8) is 0 Å². The fraction of sp³-hybridized carbons (Fsp3) is 0.765. The molecule has 4 N–H and O–H groups in total. The van der Waals surface area contributed by atoms with Gasteiger partial charge in [-0.3, -0.25) is 14.6 Å². The summed E-state index contributed by atoms with van der Waals surface area (Å²) in [6.07, 6.45) is 5.81. The zero-order valence-corrected chi connectivity index (χ0v) is 16.8. The molecule has 0 aromatic heterocycles. The second-order valence-electron chi connectivity index (χ2n) is 6.58. The first-order valence-electron chi connectivity index (χ1n) is 9.42. The SMILES string of the molecule is CCCCCCCCCCCC(=O)OC(O)C1OC(=O)C(OP(=O)(O)O)=C1O. The van der Waals surface area contributed by atoms with Crippen molar-refractivity contribution in [3.05, 3.63) is 11.5 Å². The van der Waals surface area contributed by atoms with Gasteiger partial charge < -0.3 is 24.2 Å². The van der Waals surface area contributed by atoms with Gasteiger partial charge in [-0.15, -0.1) is 0 Å². The quantitative estimate of drug-likeness (QED) is 0.141. The maximum absolute atomic E-state index is 11.7. The Morgan fingerprint density at radius 3 is 2.18 bits per heavy atom. The van der Waals surface area contributed by atoms with E-state index >= 15 is 0 Å². The summed E-state index contributed by atoms with van der Waals surface area (Å²) in [6, 6.07) is 0. The van der Waals surface area contributed by atoms with E-state index in [9.17, 15) is 24.4 Å². The number of hydrogen-bond acceptors (Lipinski definition) is 8. The van der Waals surface area contributed by atoms with E-state index < -0.39 is 43.7 Å². The minimum Gasteiger partial charge on any atom is -0.505 e. The number of phosphoric ester groups is 1. The second-order valence-corrected chi connectivity index (χ2v) is 7.74. The number of phosphoric acid groups is 1. The number of aliphatic hydroxyl groups is 2. The first-order chi connectivity index (χ1) is 13.2. The van der Waals surface area contributed by atoms with Crippen molar-refractivity contribution in [1.82, 2.24) is 0 Å². The van der Waals surface area contributed by atoms with E-state index in [1.807, 2.05) is 0 Å². The lowest BCUT2D eigenvalue weighted by molar-refractivity contribution is -0.191. The topological polar surface area (TPSA) is 160 Å². The molecule has 2 atom stereocenters. The van der Waals surface area contributed by atoms with Crippen molar-refractivity contribution in [2.24, 2.45) is 0 Å². The highest BCUT2D eigenvalue weighted by molar-refractivity contribution is 7.46. The Labute approximate surface area is 163 Å². The molecule has 11 heteroatoms. The molecule has 2 unspecified atom stereocenters. The molecule has 0 radical (unpaired) electrons. The van der Waals surface area contributed by atoms with Crippen LogP contribution in [0.25, 0.3) is 0 Å². The van der Waals surface area contributed by atoms with Gasteiger partial charge in [0.05, 0.1) is 0 Å². The van der Waals surface area contributed by atoms with Gasteiger partial charge in [0.2, 0.25) is 12.4 Å². The van der Waals surface area contributed by atoms with Gasteiger partial charge in [0.15, 0.2) is 5.76 Å². The van der Waals surface area contributed by atoms with Crippen LogP contribution in [0.3, 0.4) is 0 Å². The molecule has 1 rings (SSSR count). The van der Waals surface area contributed by atoms with Gasteiger partial charge in [-0.25, -0.2) is 9.36 Å². The van der Waals surface area contributed by atoms with E-state index in [0.717, 1.165) is 19.3 Å². The second kappa shape index (κ2) is 12.1. The van der Waals surface area contributed by atoms with Crippen molar-refractivity contribution >= 4 is 19.8 Å². The standard InChI is InChI=1S/C17H29O10P/c1-2-3-4-5-6-7-8-9-10-11-12(18)25-16(20)14-13(19)15(17(21)26-14)27-28(22,23)24/h14,16,19-20H,2-11H2,1H3,(H2,22,23,24). The Morgan fingerprint density at radius 2 is 1.64 bits per heavy atom. The third-order valence-corrected chi connectivity index (χ3v) is 4.55. The molecule has 28 heavy (non-hydrogen) atoms. The van der Waals surface area contributed by atoms with E-state index in [0.29, 0.717) is 6.42 Å². The Hall–Kier alpha value is -1.61. The fourth-order valence-electron chi connectivity index (χ4n) is 2.69. The number of ether oxygens (including phenoxy) is 2. The Balaban J connectivity index is 2.29. The van der Waals surface area contributed by atoms with Crippen molar-refractivity contribution in [2.75, 3.05) is 0 Å². The number of aliphatic hydroxyl groups excluding tert-OH is 2. The number of esters is 2. The van der Waals surface area contributed by atoms with Crippen LogP contribution in [0.4, 0.5) is 0 Å². The van der Waals surface area contributed by atoms with Gasteiger partial charge in [-0.1, -0.05) is 58.3 Å². The number of hydrogen-bond donors (Lipinski definition) is 4. The number of carbonyl (C=O) groups is 2. The summed E-state index contributed by atoms with van der Waals surface area (Å²) in [4.78, 5) is 40.6. The highest BCUT2D eigenvalue weighted by atomic mass is 31.2. The molecule has 0 fully saturated rings. The maximum atomic E-state index is 11.7. The minimum absolute atomic E-state index is 0.0455. The molecule has 162 valence electrons. The average Bonchev–Trinajstić information content (AvgIpc) is 2.87. The summed E-state index contributed by atoms with van der Waals surface area (Å²) in [5, 5.41) is 19.5. The molecule has 1 aliphatic heterocycles. The predicted molar refractivity (Wildman–Crippen MR) is 96.6 cm³/mol. The van der Waals surface area contributed by atoms with Crippen LogP contribution in [0.2, 0.25) is 0 Å². The van der Waals surface area contributed by atoms with Gasteiger partial charge in [-0.05, 0) is 6.42 Å². The molecule has 0 bridgehead atoms. The van der Waals surface area contributed by atoms with Gasteiger partial charge in [0.25, 0.3) is 5.76 Å². The van der Waals surface area contributed by atoms with Crippen molar-refractivity contribution in [3.8, 4) is 0 Å². The Kier molecular flexibility index (Phi) is 10.5. The fourth-order valence-corrected chi connectivity index (χ4v) is 3.10. The first-order valence-corrected chi connectivity index (χ1v) is 11.0. The summed E-state index contributed by atoms with van der Waals surface area (Å²) in [7, 11) is -5.11. The smallest absolute Gasteiger partial charge is 0.505 e. The van der Waals surface area contributed by atoms with Crippen molar-refractivity contribution in [2.45, 2.75) is 83.5 Å². The first kappa shape index (κ1) is 24.4. The van der Waals surface area contributed by atoms with Crippen LogP contribution in [0.1, 0.15) is 71.1 Å². The summed E-state index contributed by atoms with van der Waals surface area (Å²) < 4.78 is 24.0. The number of cyclic esters (lactones) is 1. The van der Waals surface area contributed by atoms with E-state index in [-0.39, 0.29) is 6.42 Å². The predicted octanol–water partition coefficient (Wildman–Crippen LogP) is 2.57. The summed E-state index contributed by atoms with van der Waals surface area (Å²) in [5.41, 5.74) is 0. The number of rotatable bonds is 14. The number of unbranched alkanes of at least 4 members (excludes halogenated alkanes) is 8. The van der Waals surface area contributed by atoms with Crippen molar-refractivity contribution < 1.29 is 48.2 Å². The van der Waals surface area contributed by atoms with Crippen molar-refractivity contribution in [1.29, 1.82) is 0 Å². The molecule has 10 nitrogen and oxygen atoms in total. The summed E-state index contributed by atoms with van der Waals surface area (Å²) >= 11 is 0. The molecule has 0 saturated heterocycles. The molecule has 0 amide bonds. The van der Waals surface area contributed by atoms with Crippen LogP contribution in [-0.2, 0) is 28.2 Å². The van der Waals surface area contributed by atoms with Gasteiger partial charge in [0.1, 0.15) is 0 Å². The van der Waals surface area contributed by atoms with E-state index in [1.54, 1.807) is 0 Å². The Morgan fingerprint density at radius 1 is 1.11 bits per heavy atom. The average molecular weight is 424 g/mol. The Bertz CT molecular complexity index is 597. The number of carbonyl (C=O) groups excluding carboxylic acids is 2. The molecule has 0 spiro atoms. The molecular formula is C17H29O10P. The zero-order valence-electron chi connectivity index (χ0n) is 15.9. The molecule has 0 saturated carbocycles. The molecule has 1 aliphatic rings. The lowest BCUT2D eigenvalue weighted by atomic mass is 10.1. The van der Waals surface area contributed by atoms with Crippen LogP contribution >= 0.6 is 7.82 Å². The van der Waals surface area contributed by atoms with E-state index in [4.69, 9.17) is 14.5 Å². The van der Waals surface area contributed by atoms with Crippen LogP contribution < -0.4 is 0 Å². The van der Waals surface area contributed by atoms with E-state index in [1.165, 1.54) is 32.1 Å². The summed E-state index contributed by atoms with van der Waals surface area (Å²) in [6.45, 7) is 2.17. The highest BCUT2D eigenvalue weighted by Gasteiger charge is 2.44. The molecular weight excluding hydrogens is 395 g/mol. The third kappa shape index (κ3) is 9.05. The monoisotopic (exact) mass is 424 g/mol. The maximum Gasteiger partial charge on any atom is 0.525 e. The highest BCUT2D eigenvalue weighted by Crippen LogP contribution is 2.42. The van der Waals surface area contributed by atoms with Crippen LogP contribution in [0.15, 0.2) is 11.5 Å². The van der Waals surface area contributed by atoms with Gasteiger partial charge >= 0.3 is 19.8 Å². The lowest BCUT2D eigenvalue weighted by Gasteiger charge is -2.17. The van der Waals surface area contributed by atoms with Crippen LogP contribution in [0, 0.1) is 0 Å². The zero-order chi connectivity index (χ0) is 21.2. The largest absolute Gasteiger partial charge is 0.525 e. The van der Waals surface area contributed by atoms with E-state index in [2.05, 4.69) is 16.2 Å². The van der Waals surface area contributed by atoms with Gasteiger partial charge in [0, 0.05) is 6.42 Å². The normalized spacial score (nSPS) is 18.1.